The molecular formula is C10H15Cl2N3. The number of hydrogen-bond donors (Lipinski definition) is 1. The molecule has 84 valence electrons. The van der Waals surface area contributed by atoms with Crippen LogP contribution in [0.5, 0.6) is 0 Å². The van der Waals surface area contributed by atoms with E-state index in [1.807, 2.05) is 0 Å². The first kappa shape index (κ1) is 12.5. The Balaban J connectivity index is 2.61. The van der Waals surface area contributed by atoms with Crippen LogP contribution in [-0.4, -0.2) is 16.5 Å². The van der Waals surface area contributed by atoms with E-state index in [2.05, 4.69) is 36.1 Å². The van der Waals surface area contributed by atoms with E-state index in [0.29, 0.717) is 22.7 Å². The van der Waals surface area contributed by atoms with Crippen molar-refractivity contribution < 1.29 is 0 Å². The summed E-state index contributed by atoms with van der Waals surface area (Å²) in [6.07, 6.45) is 1.50. The molecule has 0 aliphatic carbocycles. The number of aromatic nitrogens is 2. The quantitative estimate of drug-likeness (QED) is 0.829. The van der Waals surface area contributed by atoms with Gasteiger partial charge in [-0.3, -0.25) is 0 Å². The highest BCUT2D eigenvalue weighted by Crippen LogP contribution is 2.20. The van der Waals surface area contributed by atoms with Crippen LogP contribution in [0.1, 0.15) is 20.8 Å². The van der Waals surface area contributed by atoms with Gasteiger partial charge in [-0.2, -0.15) is 4.98 Å². The van der Waals surface area contributed by atoms with E-state index in [0.717, 1.165) is 6.54 Å². The molecule has 1 heterocycles. The van der Waals surface area contributed by atoms with Crippen LogP contribution in [0.3, 0.4) is 0 Å². The molecule has 5 heteroatoms. The third-order valence-corrected chi connectivity index (χ3v) is 2.90. The normalized spacial score (nSPS) is 12.9. The molecule has 0 saturated heterocycles. The minimum Gasteiger partial charge on any atom is -0.368 e. The molecule has 15 heavy (non-hydrogen) atoms. The zero-order valence-electron chi connectivity index (χ0n) is 9.09. The summed E-state index contributed by atoms with van der Waals surface area (Å²) in [7, 11) is 0. The summed E-state index contributed by atoms with van der Waals surface area (Å²) in [6.45, 7) is 7.36. The van der Waals surface area contributed by atoms with Crippen LogP contribution in [0, 0.1) is 11.8 Å². The molecule has 1 aromatic rings. The van der Waals surface area contributed by atoms with Gasteiger partial charge in [0.2, 0.25) is 5.28 Å². The van der Waals surface area contributed by atoms with Gasteiger partial charge in [0.15, 0.2) is 0 Å². The smallest absolute Gasteiger partial charge is 0.224 e. The monoisotopic (exact) mass is 247 g/mol. The van der Waals surface area contributed by atoms with Crippen molar-refractivity contribution in [2.75, 3.05) is 11.9 Å². The molecule has 1 unspecified atom stereocenters. The Morgan fingerprint density at radius 1 is 1.33 bits per heavy atom. The maximum absolute atomic E-state index is 5.91. The Morgan fingerprint density at radius 3 is 2.60 bits per heavy atom. The highest BCUT2D eigenvalue weighted by atomic mass is 35.5. The minimum absolute atomic E-state index is 0.208. The van der Waals surface area contributed by atoms with E-state index in [-0.39, 0.29) is 5.28 Å². The minimum atomic E-state index is 0.208. The summed E-state index contributed by atoms with van der Waals surface area (Å²) < 4.78 is 0. The Morgan fingerprint density at radius 2 is 2.00 bits per heavy atom. The van der Waals surface area contributed by atoms with E-state index >= 15 is 0 Å². The van der Waals surface area contributed by atoms with Gasteiger partial charge in [0, 0.05) is 6.54 Å². The van der Waals surface area contributed by atoms with Crippen molar-refractivity contribution in [1.82, 2.24) is 9.97 Å². The van der Waals surface area contributed by atoms with Crippen molar-refractivity contribution in [3.05, 3.63) is 16.5 Å². The average Bonchev–Trinajstić information content (AvgIpc) is 2.18. The third kappa shape index (κ3) is 3.84. The van der Waals surface area contributed by atoms with Crippen molar-refractivity contribution in [2.24, 2.45) is 11.8 Å². The molecule has 1 N–H and O–H groups in total. The van der Waals surface area contributed by atoms with Gasteiger partial charge < -0.3 is 5.32 Å². The van der Waals surface area contributed by atoms with Crippen molar-refractivity contribution in [2.45, 2.75) is 20.8 Å². The molecule has 0 amide bonds. The highest BCUT2D eigenvalue weighted by molar-refractivity contribution is 6.33. The van der Waals surface area contributed by atoms with Crippen LogP contribution >= 0.6 is 23.2 Å². The predicted molar refractivity (Wildman–Crippen MR) is 64.5 cm³/mol. The molecule has 0 aliphatic rings. The summed E-state index contributed by atoms with van der Waals surface area (Å²) in [5.74, 6) is 1.77. The largest absolute Gasteiger partial charge is 0.368 e. The van der Waals surface area contributed by atoms with E-state index in [1.165, 1.54) is 6.20 Å². The lowest BCUT2D eigenvalue weighted by Crippen LogP contribution is -2.17. The van der Waals surface area contributed by atoms with Gasteiger partial charge in [-0.15, -0.1) is 0 Å². The first-order valence-corrected chi connectivity index (χ1v) is 5.68. The van der Waals surface area contributed by atoms with Gasteiger partial charge in [0.25, 0.3) is 0 Å². The second kappa shape index (κ2) is 5.52. The maximum Gasteiger partial charge on any atom is 0.224 e. The lowest BCUT2D eigenvalue weighted by atomic mass is 9.98. The van der Waals surface area contributed by atoms with Gasteiger partial charge >= 0.3 is 0 Å². The average molecular weight is 248 g/mol. The Bertz CT molecular complexity index is 328. The first-order chi connectivity index (χ1) is 7.00. The molecular weight excluding hydrogens is 233 g/mol. The van der Waals surface area contributed by atoms with Crippen molar-refractivity contribution in [3.63, 3.8) is 0 Å². The van der Waals surface area contributed by atoms with E-state index in [4.69, 9.17) is 23.2 Å². The molecule has 0 saturated carbocycles. The fraction of sp³-hybridized carbons (Fsp3) is 0.600. The number of halogens is 2. The number of rotatable bonds is 4. The molecule has 0 spiro atoms. The Hall–Kier alpha value is -0.540. The van der Waals surface area contributed by atoms with Gasteiger partial charge in [-0.25, -0.2) is 4.98 Å². The van der Waals surface area contributed by atoms with E-state index in [9.17, 15) is 0 Å². The number of nitrogens with one attached hydrogen (secondary N) is 1. The molecule has 0 radical (unpaired) electrons. The summed E-state index contributed by atoms with van der Waals surface area (Å²) in [6, 6.07) is 0. The molecule has 1 aromatic heterocycles. The molecule has 1 atom stereocenters. The predicted octanol–water partition coefficient (Wildman–Crippen LogP) is 3.49. The fourth-order valence-corrected chi connectivity index (χ4v) is 1.25. The van der Waals surface area contributed by atoms with E-state index in [1.54, 1.807) is 0 Å². The standard InChI is InChI=1S/C10H15Cl2N3/c1-6(2)7(3)4-13-9-8(11)5-14-10(12)15-9/h5-7H,4H2,1-3H3,(H,13,14,15). The van der Waals surface area contributed by atoms with Gasteiger partial charge in [-0.1, -0.05) is 32.4 Å². The van der Waals surface area contributed by atoms with Crippen LogP contribution < -0.4 is 5.32 Å². The topological polar surface area (TPSA) is 37.8 Å². The van der Waals surface area contributed by atoms with Crippen LogP contribution in [0.2, 0.25) is 10.3 Å². The van der Waals surface area contributed by atoms with Crippen molar-refractivity contribution in [1.29, 1.82) is 0 Å². The fourth-order valence-electron chi connectivity index (χ4n) is 0.963. The van der Waals surface area contributed by atoms with Crippen molar-refractivity contribution >= 4 is 29.0 Å². The zero-order valence-corrected chi connectivity index (χ0v) is 10.6. The zero-order chi connectivity index (χ0) is 11.4. The SMILES string of the molecule is CC(C)C(C)CNc1nc(Cl)ncc1Cl. The summed E-state index contributed by atoms with van der Waals surface area (Å²) in [5, 5.41) is 3.87. The summed E-state index contributed by atoms with van der Waals surface area (Å²) in [4.78, 5) is 7.80. The summed E-state index contributed by atoms with van der Waals surface area (Å²) >= 11 is 11.6. The lowest BCUT2D eigenvalue weighted by Gasteiger charge is -2.16. The second-order valence-electron chi connectivity index (χ2n) is 3.94. The molecule has 3 nitrogen and oxygen atoms in total. The van der Waals surface area contributed by atoms with Gasteiger partial charge in [0.05, 0.1) is 6.20 Å². The molecule has 0 aliphatic heterocycles. The highest BCUT2D eigenvalue weighted by Gasteiger charge is 2.09. The first-order valence-electron chi connectivity index (χ1n) is 4.92. The number of hydrogen-bond acceptors (Lipinski definition) is 3. The van der Waals surface area contributed by atoms with Crippen molar-refractivity contribution in [3.8, 4) is 0 Å². The maximum atomic E-state index is 5.91. The van der Waals surface area contributed by atoms with Crippen LogP contribution in [-0.2, 0) is 0 Å². The molecule has 1 rings (SSSR count). The number of nitrogens with zero attached hydrogens (tertiary/aromatic N) is 2. The van der Waals surface area contributed by atoms with Gasteiger partial charge in [0.1, 0.15) is 10.8 Å². The van der Waals surface area contributed by atoms with Crippen LogP contribution in [0.4, 0.5) is 5.82 Å². The molecule has 0 fully saturated rings. The summed E-state index contributed by atoms with van der Waals surface area (Å²) in [5.41, 5.74) is 0. The van der Waals surface area contributed by atoms with E-state index < -0.39 is 0 Å². The Kier molecular flexibility index (Phi) is 4.61. The lowest BCUT2D eigenvalue weighted by molar-refractivity contribution is 0.439. The number of anilines is 1. The van der Waals surface area contributed by atoms with Crippen LogP contribution in [0.15, 0.2) is 6.20 Å². The van der Waals surface area contributed by atoms with Gasteiger partial charge in [-0.05, 0) is 23.4 Å². The molecule has 0 aromatic carbocycles. The second-order valence-corrected chi connectivity index (χ2v) is 4.68. The Labute approximate surface area is 100 Å². The van der Waals surface area contributed by atoms with Crippen LogP contribution in [0.25, 0.3) is 0 Å². The molecule has 0 bridgehead atoms. The third-order valence-electron chi connectivity index (χ3n) is 2.44.